The fourth-order valence-electron chi connectivity index (χ4n) is 3.97. The van der Waals surface area contributed by atoms with Gasteiger partial charge in [-0.2, -0.15) is 0 Å². The van der Waals surface area contributed by atoms with Gasteiger partial charge in [0.05, 0.1) is 16.8 Å². The van der Waals surface area contributed by atoms with E-state index in [0.717, 1.165) is 40.8 Å². The normalized spacial score (nSPS) is 13.2. The number of carbonyl (C=O) groups is 1. The minimum Gasteiger partial charge on any atom is -0.454 e. The standard InChI is InChI=1S/C27H24N2O3/c1-18(11-12-19-7-3-2-4-8-19)28-27(30)22-16-24(29-23-10-6-5-9-21(22)23)20-13-14-25-26(15-20)32-17-31-25/h2-10,13-16,18H,11-12,17H2,1H3,(H,28,30)/t18-/m1/s1. The predicted molar refractivity (Wildman–Crippen MR) is 125 cm³/mol. The summed E-state index contributed by atoms with van der Waals surface area (Å²) in [6.45, 7) is 2.27. The van der Waals surface area contributed by atoms with E-state index in [0.29, 0.717) is 11.3 Å². The van der Waals surface area contributed by atoms with Gasteiger partial charge in [0.15, 0.2) is 11.5 Å². The van der Waals surface area contributed by atoms with Crippen molar-refractivity contribution < 1.29 is 14.3 Å². The van der Waals surface area contributed by atoms with Crippen LogP contribution in [0.3, 0.4) is 0 Å². The summed E-state index contributed by atoms with van der Waals surface area (Å²) in [7, 11) is 0. The zero-order valence-corrected chi connectivity index (χ0v) is 17.9. The van der Waals surface area contributed by atoms with Gasteiger partial charge in [0.1, 0.15) is 0 Å². The van der Waals surface area contributed by atoms with Gasteiger partial charge in [-0.15, -0.1) is 0 Å². The van der Waals surface area contributed by atoms with Crippen molar-refractivity contribution in [3.8, 4) is 22.8 Å². The molecule has 1 aliphatic heterocycles. The highest BCUT2D eigenvalue weighted by Gasteiger charge is 2.18. The molecular weight excluding hydrogens is 400 g/mol. The SMILES string of the molecule is C[C@H](CCc1ccccc1)NC(=O)c1cc(-c2ccc3c(c2)OCO3)nc2ccccc12. The van der Waals surface area contributed by atoms with Gasteiger partial charge in [0.2, 0.25) is 6.79 Å². The second-order valence-electron chi connectivity index (χ2n) is 8.04. The van der Waals surface area contributed by atoms with Crippen molar-refractivity contribution in [3.05, 3.63) is 90.0 Å². The number of aromatic nitrogens is 1. The van der Waals surface area contributed by atoms with Crippen molar-refractivity contribution in [2.24, 2.45) is 0 Å². The summed E-state index contributed by atoms with van der Waals surface area (Å²) in [4.78, 5) is 18.1. The van der Waals surface area contributed by atoms with E-state index in [-0.39, 0.29) is 18.7 Å². The molecule has 0 aliphatic carbocycles. The first-order valence-corrected chi connectivity index (χ1v) is 10.8. The van der Waals surface area contributed by atoms with Crippen LogP contribution in [0.4, 0.5) is 0 Å². The molecule has 32 heavy (non-hydrogen) atoms. The lowest BCUT2D eigenvalue weighted by molar-refractivity contribution is 0.0940. The van der Waals surface area contributed by atoms with E-state index in [1.807, 2.05) is 73.7 Å². The van der Waals surface area contributed by atoms with E-state index in [1.165, 1.54) is 5.56 Å². The third kappa shape index (κ3) is 4.14. The number of para-hydroxylation sites is 1. The minimum absolute atomic E-state index is 0.0450. The average Bonchev–Trinajstić information content (AvgIpc) is 3.30. The topological polar surface area (TPSA) is 60.5 Å². The smallest absolute Gasteiger partial charge is 0.252 e. The Balaban J connectivity index is 1.41. The molecule has 1 atom stereocenters. The largest absolute Gasteiger partial charge is 0.454 e. The number of nitrogens with one attached hydrogen (secondary N) is 1. The third-order valence-electron chi connectivity index (χ3n) is 5.72. The lowest BCUT2D eigenvalue weighted by Crippen LogP contribution is -2.33. The third-order valence-corrected chi connectivity index (χ3v) is 5.72. The van der Waals surface area contributed by atoms with Crippen LogP contribution in [0.5, 0.6) is 11.5 Å². The van der Waals surface area contributed by atoms with Crippen LogP contribution in [0.15, 0.2) is 78.9 Å². The number of fused-ring (bicyclic) bond motifs is 2. The van der Waals surface area contributed by atoms with Crippen LogP contribution in [-0.2, 0) is 6.42 Å². The van der Waals surface area contributed by atoms with Crippen LogP contribution in [0.2, 0.25) is 0 Å². The van der Waals surface area contributed by atoms with Crippen LogP contribution in [0.1, 0.15) is 29.3 Å². The summed E-state index contributed by atoms with van der Waals surface area (Å²) < 4.78 is 10.9. The Morgan fingerprint density at radius 2 is 1.75 bits per heavy atom. The van der Waals surface area contributed by atoms with Crippen molar-refractivity contribution in [1.82, 2.24) is 10.3 Å². The second-order valence-corrected chi connectivity index (χ2v) is 8.04. The fourth-order valence-corrected chi connectivity index (χ4v) is 3.97. The quantitative estimate of drug-likeness (QED) is 0.451. The second kappa shape index (κ2) is 8.71. The van der Waals surface area contributed by atoms with Gasteiger partial charge in [-0.3, -0.25) is 4.79 Å². The Kier molecular flexibility index (Phi) is 5.46. The molecule has 1 aliphatic rings. The van der Waals surface area contributed by atoms with E-state index in [2.05, 4.69) is 17.4 Å². The van der Waals surface area contributed by atoms with Crippen LogP contribution < -0.4 is 14.8 Å². The summed E-state index contributed by atoms with van der Waals surface area (Å²) in [5, 5.41) is 4.01. The average molecular weight is 425 g/mol. The van der Waals surface area contributed by atoms with E-state index >= 15 is 0 Å². The molecule has 0 unspecified atom stereocenters. The van der Waals surface area contributed by atoms with Gasteiger partial charge in [-0.1, -0.05) is 48.5 Å². The molecule has 2 heterocycles. The number of amides is 1. The van der Waals surface area contributed by atoms with Gasteiger partial charge in [-0.05, 0) is 55.7 Å². The maximum absolute atomic E-state index is 13.3. The Morgan fingerprint density at radius 1 is 0.969 bits per heavy atom. The summed E-state index contributed by atoms with van der Waals surface area (Å²) >= 11 is 0. The number of pyridine rings is 1. The van der Waals surface area contributed by atoms with Crippen molar-refractivity contribution in [3.63, 3.8) is 0 Å². The molecule has 0 radical (unpaired) electrons. The summed E-state index contributed by atoms with van der Waals surface area (Å²) in [5.41, 5.74) is 4.28. The molecule has 160 valence electrons. The Hall–Kier alpha value is -3.86. The lowest BCUT2D eigenvalue weighted by Gasteiger charge is -2.16. The van der Waals surface area contributed by atoms with Gasteiger partial charge >= 0.3 is 0 Å². The first-order chi connectivity index (χ1) is 15.7. The maximum Gasteiger partial charge on any atom is 0.252 e. The highest BCUT2D eigenvalue weighted by molar-refractivity contribution is 6.07. The molecule has 1 amide bonds. The van der Waals surface area contributed by atoms with E-state index < -0.39 is 0 Å². The molecule has 5 heteroatoms. The number of hydrogen-bond donors (Lipinski definition) is 1. The van der Waals surface area contributed by atoms with Gasteiger partial charge in [0.25, 0.3) is 5.91 Å². The Bertz CT molecular complexity index is 1270. The molecule has 0 fully saturated rings. The fraction of sp³-hybridized carbons (Fsp3) is 0.185. The summed E-state index contributed by atoms with van der Waals surface area (Å²) in [6, 6.07) is 25.7. The lowest BCUT2D eigenvalue weighted by atomic mass is 10.0. The zero-order chi connectivity index (χ0) is 21.9. The Labute approximate surface area is 187 Å². The summed E-state index contributed by atoms with van der Waals surface area (Å²) in [6.07, 6.45) is 1.79. The number of ether oxygens (including phenoxy) is 2. The molecule has 4 aromatic rings. The molecule has 1 N–H and O–H groups in total. The highest BCUT2D eigenvalue weighted by Crippen LogP contribution is 2.36. The molecule has 0 saturated carbocycles. The van der Waals surface area contributed by atoms with Crippen molar-refractivity contribution >= 4 is 16.8 Å². The van der Waals surface area contributed by atoms with Crippen LogP contribution in [-0.4, -0.2) is 23.7 Å². The van der Waals surface area contributed by atoms with E-state index in [4.69, 9.17) is 14.5 Å². The first kappa shape index (κ1) is 20.1. The van der Waals surface area contributed by atoms with Crippen LogP contribution in [0.25, 0.3) is 22.2 Å². The molecule has 0 saturated heterocycles. The number of hydrogen-bond acceptors (Lipinski definition) is 4. The predicted octanol–water partition coefficient (Wildman–Crippen LogP) is 5.38. The molecule has 0 bridgehead atoms. The number of benzene rings is 3. The number of rotatable bonds is 6. The number of aryl methyl sites for hydroxylation is 1. The first-order valence-electron chi connectivity index (χ1n) is 10.8. The maximum atomic E-state index is 13.3. The van der Waals surface area contributed by atoms with Gasteiger partial charge < -0.3 is 14.8 Å². The monoisotopic (exact) mass is 424 g/mol. The van der Waals surface area contributed by atoms with Crippen LogP contribution >= 0.6 is 0 Å². The molecule has 5 rings (SSSR count). The van der Waals surface area contributed by atoms with Crippen LogP contribution in [0, 0.1) is 0 Å². The van der Waals surface area contributed by atoms with Crippen molar-refractivity contribution in [2.45, 2.75) is 25.8 Å². The Morgan fingerprint density at radius 3 is 2.62 bits per heavy atom. The van der Waals surface area contributed by atoms with Gasteiger partial charge in [-0.25, -0.2) is 4.98 Å². The minimum atomic E-state index is -0.0915. The van der Waals surface area contributed by atoms with E-state index in [9.17, 15) is 4.79 Å². The number of carbonyl (C=O) groups excluding carboxylic acids is 1. The molecule has 0 spiro atoms. The molecular formula is C27H24N2O3. The zero-order valence-electron chi connectivity index (χ0n) is 17.9. The van der Waals surface area contributed by atoms with E-state index in [1.54, 1.807) is 0 Å². The van der Waals surface area contributed by atoms with Crippen molar-refractivity contribution in [1.29, 1.82) is 0 Å². The molecule has 3 aromatic carbocycles. The molecule has 1 aromatic heterocycles. The molecule has 5 nitrogen and oxygen atoms in total. The summed E-state index contributed by atoms with van der Waals surface area (Å²) in [5.74, 6) is 1.32. The number of nitrogens with zero attached hydrogens (tertiary/aromatic N) is 1. The highest BCUT2D eigenvalue weighted by atomic mass is 16.7. The van der Waals surface area contributed by atoms with Gasteiger partial charge in [0, 0.05) is 17.0 Å². The van der Waals surface area contributed by atoms with Crippen molar-refractivity contribution in [2.75, 3.05) is 6.79 Å².